The third-order valence-electron chi connectivity index (χ3n) is 2.05. The van der Waals surface area contributed by atoms with Crippen LogP contribution in [-0.4, -0.2) is 24.2 Å². The Kier molecular flexibility index (Phi) is 4.74. The van der Waals surface area contributed by atoms with Crippen molar-refractivity contribution in [2.75, 3.05) is 13.2 Å². The van der Waals surface area contributed by atoms with Crippen LogP contribution in [0, 0.1) is 6.92 Å². The van der Waals surface area contributed by atoms with E-state index in [1.54, 1.807) is 20.8 Å². The van der Waals surface area contributed by atoms with Crippen molar-refractivity contribution < 1.29 is 14.3 Å². The molecule has 0 aliphatic carbocycles. The van der Waals surface area contributed by atoms with Gasteiger partial charge in [0.2, 0.25) is 11.3 Å². The molecule has 1 aromatic heterocycles. The molecule has 0 spiro atoms. The standard InChI is InChI=1S/C11H14BrNO4/c1-4-16-10-7(11(15)17-5-2)9(14)8(12)6(3)13-10/h4-5H2,1-3H3,(H,13,14). The Bertz CT molecular complexity index is 481. The predicted octanol–water partition coefficient (Wildman–Crippen LogP) is 2.02. The molecule has 0 saturated heterocycles. The van der Waals surface area contributed by atoms with E-state index in [4.69, 9.17) is 9.47 Å². The zero-order valence-electron chi connectivity index (χ0n) is 9.93. The van der Waals surface area contributed by atoms with Gasteiger partial charge in [-0.1, -0.05) is 0 Å². The topological polar surface area (TPSA) is 68.4 Å². The summed E-state index contributed by atoms with van der Waals surface area (Å²) in [7, 11) is 0. The summed E-state index contributed by atoms with van der Waals surface area (Å²) in [6.07, 6.45) is 0. The first kappa shape index (κ1) is 13.8. The zero-order valence-corrected chi connectivity index (χ0v) is 11.5. The highest BCUT2D eigenvalue weighted by molar-refractivity contribution is 9.10. The number of esters is 1. The molecule has 0 aliphatic heterocycles. The summed E-state index contributed by atoms with van der Waals surface area (Å²) in [5.41, 5.74) is 0.0702. The van der Waals surface area contributed by atoms with Gasteiger partial charge in [0.15, 0.2) is 5.56 Å². The maximum absolute atomic E-state index is 12.0. The molecule has 0 bridgehead atoms. The molecule has 1 N–H and O–H groups in total. The first-order valence-corrected chi connectivity index (χ1v) is 6.04. The number of ether oxygens (including phenoxy) is 2. The minimum atomic E-state index is -0.682. The third-order valence-corrected chi connectivity index (χ3v) is 3.01. The summed E-state index contributed by atoms with van der Waals surface area (Å²) >= 11 is 3.13. The van der Waals surface area contributed by atoms with Crippen LogP contribution in [0.15, 0.2) is 9.27 Å². The molecule has 1 aromatic rings. The molecule has 5 nitrogen and oxygen atoms in total. The van der Waals surface area contributed by atoms with Crippen LogP contribution >= 0.6 is 15.9 Å². The summed E-state index contributed by atoms with van der Waals surface area (Å²) in [6, 6.07) is 0. The van der Waals surface area contributed by atoms with Gasteiger partial charge in [-0.15, -0.1) is 0 Å². The van der Waals surface area contributed by atoms with Gasteiger partial charge in [-0.25, -0.2) is 4.79 Å². The van der Waals surface area contributed by atoms with Crippen LogP contribution in [0.1, 0.15) is 29.9 Å². The SMILES string of the molecule is CCOC(=O)c1c(OCC)[nH]c(C)c(Br)c1=O. The van der Waals surface area contributed by atoms with Gasteiger partial charge >= 0.3 is 5.97 Å². The fraction of sp³-hybridized carbons (Fsp3) is 0.455. The molecule has 0 fully saturated rings. The number of nitrogens with one attached hydrogen (secondary N) is 1. The molecule has 0 atom stereocenters. The molecule has 0 amide bonds. The summed E-state index contributed by atoms with van der Waals surface area (Å²) in [5.74, 6) is -0.533. The number of carbonyl (C=O) groups excluding carboxylic acids is 1. The van der Waals surface area contributed by atoms with E-state index in [1.165, 1.54) is 0 Å². The minimum Gasteiger partial charge on any atom is -0.479 e. The van der Waals surface area contributed by atoms with Crippen molar-refractivity contribution in [3.8, 4) is 5.88 Å². The van der Waals surface area contributed by atoms with Crippen LogP contribution in [0.5, 0.6) is 5.88 Å². The normalized spacial score (nSPS) is 10.1. The van der Waals surface area contributed by atoms with E-state index >= 15 is 0 Å². The third kappa shape index (κ3) is 2.88. The Balaban J connectivity index is 3.38. The van der Waals surface area contributed by atoms with Crippen LogP contribution in [0.2, 0.25) is 0 Å². The molecule has 0 aliphatic rings. The maximum atomic E-state index is 12.0. The van der Waals surface area contributed by atoms with E-state index in [-0.39, 0.29) is 18.1 Å². The Morgan fingerprint density at radius 2 is 2.00 bits per heavy atom. The van der Waals surface area contributed by atoms with Gasteiger partial charge in [0.1, 0.15) is 0 Å². The number of carbonyl (C=O) groups is 1. The van der Waals surface area contributed by atoms with Crippen molar-refractivity contribution in [3.63, 3.8) is 0 Å². The van der Waals surface area contributed by atoms with E-state index in [0.717, 1.165) is 0 Å². The molecule has 0 unspecified atom stereocenters. The van der Waals surface area contributed by atoms with Crippen molar-refractivity contribution in [1.29, 1.82) is 0 Å². The number of halogens is 1. The number of hydrogen-bond acceptors (Lipinski definition) is 4. The highest BCUT2D eigenvalue weighted by Crippen LogP contribution is 2.19. The van der Waals surface area contributed by atoms with E-state index in [2.05, 4.69) is 20.9 Å². The average Bonchev–Trinajstić information content (AvgIpc) is 2.27. The molecule has 0 saturated carbocycles. The van der Waals surface area contributed by atoms with Crippen molar-refractivity contribution in [3.05, 3.63) is 26.0 Å². The lowest BCUT2D eigenvalue weighted by Crippen LogP contribution is -2.22. The van der Waals surface area contributed by atoms with Gasteiger partial charge in [0.25, 0.3) is 0 Å². The lowest BCUT2D eigenvalue weighted by Gasteiger charge is -2.10. The van der Waals surface area contributed by atoms with E-state index in [9.17, 15) is 9.59 Å². The fourth-order valence-corrected chi connectivity index (χ4v) is 1.61. The number of aromatic nitrogens is 1. The van der Waals surface area contributed by atoms with E-state index in [0.29, 0.717) is 16.8 Å². The summed E-state index contributed by atoms with van der Waals surface area (Å²) in [5, 5.41) is 0. The minimum absolute atomic E-state index is 0.105. The molecule has 1 rings (SSSR count). The number of aryl methyl sites for hydroxylation is 1. The van der Waals surface area contributed by atoms with Crippen LogP contribution in [-0.2, 0) is 4.74 Å². The number of hydrogen-bond donors (Lipinski definition) is 1. The van der Waals surface area contributed by atoms with E-state index in [1.807, 2.05) is 0 Å². The van der Waals surface area contributed by atoms with Crippen molar-refractivity contribution in [2.24, 2.45) is 0 Å². The highest BCUT2D eigenvalue weighted by atomic mass is 79.9. The quantitative estimate of drug-likeness (QED) is 0.864. The average molecular weight is 304 g/mol. The fourth-order valence-electron chi connectivity index (χ4n) is 1.31. The Labute approximate surface area is 107 Å². The van der Waals surface area contributed by atoms with Gasteiger partial charge in [0, 0.05) is 5.69 Å². The number of pyridine rings is 1. The molecule has 0 radical (unpaired) electrons. The Hall–Kier alpha value is -1.30. The second-order valence-electron chi connectivity index (χ2n) is 3.25. The van der Waals surface area contributed by atoms with Gasteiger partial charge in [-0.3, -0.25) is 4.79 Å². The van der Waals surface area contributed by atoms with Gasteiger partial charge in [-0.05, 0) is 36.7 Å². The number of rotatable bonds is 4. The monoisotopic (exact) mass is 303 g/mol. The van der Waals surface area contributed by atoms with Crippen molar-refractivity contribution in [1.82, 2.24) is 4.98 Å². The van der Waals surface area contributed by atoms with Crippen LogP contribution in [0.3, 0.4) is 0 Å². The molecule has 94 valence electrons. The second kappa shape index (κ2) is 5.86. The first-order valence-electron chi connectivity index (χ1n) is 5.25. The van der Waals surface area contributed by atoms with Crippen molar-refractivity contribution >= 4 is 21.9 Å². The van der Waals surface area contributed by atoms with Crippen LogP contribution < -0.4 is 10.2 Å². The smallest absolute Gasteiger partial charge is 0.347 e. The van der Waals surface area contributed by atoms with Crippen LogP contribution in [0.4, 0.5) is 0 Å². The molecule has 6 heteroatoms. The van der Waals surface area contributed by atoms with Gasteiger partial charge in [0.05, 0.1) is 17.7 Å². The first-order chi connectivity index (χ1) is 8.02. The lowest BCUT2D eigenvalue weighted by atomic mass is 10.2. The number of aromatic amines is 1. The molecular formula is C11H14BrNO4. The molecular weight excluding hydrogens is 290 g/mol. The Morgan fingerprint density at radius 3 is 2.53 bits per heavy atom. The van der Waals surface area contributed by atoms with E-state index < -0.39 is 11.4 Å². The van der Waals surface area contributed by atoms with Gasteiger partial charge in [-0.2, -0.15) is 0 Å². The Morgan fingerprint density at radius 1 is 1.35 bits per heavy atom. The van der Waals surface area contributed by atoms with Crippen LogP contribution in [0.25, 0.3) is 0 Å². The predicted molar refractivity (Wildman–Crippen MR) is 66.6 cm³/mol. The number of H-pyrrole nitrogens is 1. The molecule has 0 aromatic carbocycles. The van der Waals surface area contributed by atoms with Crippen molar-refractivity contribution in [2.45, 2.75) is 20.8 Å². The molecule has 17 heavy (non-hydrogen) atoms. The zero-order chi connectivity index (χ0) is 13.0. The lowest BCUT2D eigenvalue weighted by molar-refractivity contribution is 0.0519. The maximum Gasteiger partial charge on any atom is 0.347 e. The highest BCUT2D eigenvalue weighted by Gasteiger charge is 2.22. The largest absolute Gasteiger partial charge is 0.479 e. The molecule has 1 heterocycles. The summed E-state index contributed by atoms with van der Waals surface area (Å²) < 4.78 is 10.4. The van der Waals surface area contributed by atoms with Gasteiger partial charge < -0.3 is 14.5 Å². The second-order valence-corrected chi connectivity index (χ2v) is 4.04. The summed E-state index contributed by atoms with van der Waals surface area (Å²) in [6.45, 7) is 5.71. The summed E-state index contributed by atoms with van der Waals surface area (Å²) in [4.78, 5) is 26.5.